The van der Waals surface area contributed by atoms with Crippen LogP contribution in [0, 0.1) is 0 Å². The van der Waals surface area contributed by atoms with Gasteiger partial charge in [0.2, 0.25) is 5.13 Å². The second-order valence-electron chi connectivity index (χ2n) is 6.17. The second kappa shape index (κ2) is 8.22. The number of benzene rings is 2. The van der Waals surface area contributed by atoms with Crippen molar-refractivity contribution in [2.24, 2.45) is 0 Å². The number of amides is 1. The van der Waals surface area contributed by atoms with Gasteiger partial charge in [0.25, 0.3) is 5.91 Å². The SMILES string of the molecule is CCOc1ccc2ccccc2c1C(=O)NCCc1csc(-n2cccn2)n1. The Kier molecular flexibility index (Phi) is 5.34. The Balaban J connectivity index is 1.47. The van der Waals surface area contributed by atoms with E-state index in [0.29, 0.717) is 30.9 Å². The van der Waals surface area contributed by atoms with Gasteiger partial charge in [-0.25, -0.2) is 9.67 Å². The largest absolute Gasteiger partial charge is 0.493 e. The fraction of sp³-hybridized carbons (Fsp3) is 0.190. The molecule has 0 fully saturated rings. The number of rotatable bonds is 7. The van der Waals surface area contributed by atoms with Crippen LogP contribution in [-0.2, 0) is 6.42 Å². The molecule has 1 N–H and O–H groups in total. The zero-order chi connectivity index (χ0) is 19.3. The molecule has 0 aliphatic heterocycles. The van der Waals surface area contributed by atoms with Crippen molar-refractivity contribution in [3.63, 3.8) is 0 Å². The average Bonchev–Trinajstić information content (AvgIpc) is 3.40. The molecule has 0 bridgehead atoms. The number of carbonyl (C=O) groups is 1. The minimum Gasteiger partial charge on any atom is -0.493 e. The number of aromatic nitrogens is 3. The van der Waals surface area contributed by atoms with Gasteiger partial charge < -0.3 is 10.1 Å². The van der Waals surface area contributed by atoms with Crippen molar-refractivity contribution in [2.45, 2.75) is 13.3 Å². The summed E-state index contributed by atoms with van der Waals surface area (Å²) >= 11 is 1.53. The molecule has 2 heterocycles. The van der Waals surface area contributed by atoms with Gasteiger partial charge in [0, 0.05) is 30.7 Å². The molecule has 4 aromatic rings. The molecule has 0 aliphatic rings. The molecule has 0 radical (unpaired) electrons. The summed E-state index contributed by atoms with van der Waals surface area (Å²) in [4.78, 5) is 17.5. The van der Waals surface area contributed by atoms with Crippen molar-refractivity contribution in [2.75, 3.05) is 13.2 Å². The van der Waals surface area contributed by atoms with Crippen LogP contribution < -0.4 is 10.1 Å². The highest BCUT2D eigenvalue weighted by molar-refractivity contribution is 7.12. The van der Waals surface area contributed by atoms with Gasteiger partial charge in [-0.3, -0.25) is 4.79 Å². The Bertz CT molecular complexity index is 1090. The van der Waals surface area contributed by atoms with Crippen molar-refractivity contribution in [1.29, 1.82) is 0 Å². The first kappa shape index (κ1) is 18.2. The third-order valence-corrected chi connectivity index (χ3v) is 5.20. The van der Waals surface area contributed by atoms with Crippen molar-refractivity contribution in [1.82, 2.24) is 20.1 Å². The maximum absolute atomic E-state index is 12.9. The van der Waals surface area contributed by atoms with Gasteiger partial charge >= 0.3 is 0 Å². The average molecular weight is 392 g/mol. The molecule has 0 atom stereocenters. The number of ether oxygens (including phenoxy) is 1. The monoisotopic (exact) mass is 392 g/mol. The van der Waals surface area contributed by atoms with E-state index in [4.69, 9.17) is 4.74 Å². The third kappa shape index (κ3) is 3.75. The molecule has 6 nitrogen and oxygen atoms in total. The van der Waals surface area contributed by atoms with Crippen LogP contribution in [-0.4, -0.2) is 33.8 Å². The summed E-state index contributed by atoms with van der Waals surface area (Å²) in [6, 6.07) is 13.5. The zero-order valence-corrected chi connectivity index (χ0v) is 16.3. The van der Waals surface area contributed by atoms with Crippen LogP contribution >= 0.6 is 11.3 Å². The minimum absolute atomic E-state index is 0.136. The lowest BCUT2D eigenvalue weighted by Crippen LogP contribution is -2.26. The van der Waals surface area contributed by atoms with Crippen LogP contribution in [0.15, 0.2) is 60.2 Å². The summed E-state index contributed by atoms with van der Waals surface area (Å²) in [5.74, 6) is 0.469. The van der Waals surface area contributed by atoms with Crippen molar-refractivity contribution in [3.05, 3.63) is 71.5 Å². The normalized spacial score (nSPS) is 10.9. The summed E-state index contributed by atoms with van der Waals surface area (Å²) in [6.07, 6.45) is 4.24. The highest BCUT2D eigenvalue weighted by Crippen LogP contribution is 2.28. The Morgan fingerprint density at radius 2 is 2.11 bits per heavy atom. The van der Waals surface area contributed by atoms with Crippen LogP contribution in [0.2, 0.25) is 0 Å². The molecule has 0 unspecified atom stereocenters. The number of hydrogen-bond acceptors (Lipinski definition) is 5. The first-order valence-corrected chi connectivity index (χ1v) is 10.0. The fourth-order valence-electron chi connectivity index (χ4n) is 3.05. The molecule has 0 aliphatic carbocycles. The predicted octanol–water partition coefficient (Wildman–Crippen LogP) is 3.85. The number of fused-ring (bicyclic) bond motifs is 1. The summed E-state index contributed by atoms with van der Waals surface area (Å²) in [7, 11) is 0. The van der Waals surface area contributed by atoms with E-state index in [1.54, 1.807) is 10.9 Å². The van der Waals surface area contributed by atoms with Crippen LogP contribution in [0.25, 0.3) is 15.9 Å². The van der Waals surface area contributed by atoms with Gasteiger partial charge in [-0.05, 0) is 29.8 Å². The Hall–Kier alpha value is -3.19. The lowest BCUT2D eigenvalue weighted by atomic mass is 10.0. The maximum Gasteiger partial charge on any atom is 0.255 e. The van der Waals surface area contributed by atoms with Gasteiger partial charge in [0.1, 0.15) is 5.75 Å². The van der Waals surface area contributed by atoms with Crippen molar-refractivity contribution in [3.8, 4) is 10.9 Å². The molecule has 28 heavy (non-hydrogen) atoms. The van der Waals surface area contributed by atoms with E-state index < -0.39 is 0 Å². The summed E-state index contributed by atoms with van der Waals surface area (Å²) in [5.41, 5.74) is 1.51. The molecule has 1 amide bonds. The molecule has 0 saturated carbocycles. The quantitative estimate of drug-likeness (QED) is 0.519. The third-order valence-electron chi connectivity index (χ3n) is 4.32. The topological polar surface area (TPSA) is 69.0 Å². The van der Waals surface area contributed by atoms with E-state index in [2.05, 4.69) is 15.4 Å². The van der Waals surface area contributed by atoms with E-state index in [9.17, 15) is 4.79 Å². The highest BCUT2D eigenvalue weighted by atomic mass is 32.1. The number of thiazole rings is 1. The van der Waals surface area contributed by atoms with E-state index in [0.717, 1.165) is 21.6 Å². The van der Waals surface area contributed by atoms with Crippen LogP contribution in [0.1, 0.15) is 23.0 Å². The van der Waals surface area contributed by atoms with Gasteiger partial charge in [0.15, 0.2) is 0 Å². The number of carbonyl (C=O) groups excluding carboxylic acids is 1. The minimum atomic E-state index is -0.136. The molecular formula is C21H20N4O2S. The van der Waals surface area contributed by atoms with E-state index in [1.165, 1.54) is 11.3 Å². The molecule has 4 rings (SSSR count). The van der Waals surface area contributed by atoms with Crippen LogP contribution in [0.4, 0.5) is 0 Å². The molecule has 7 heteroatoms. The Morgan fingerprint density at radius 1 is 1.21 bits per heavy atom. The van der Waals surface area contributed by atoms with Gasteiger partial charge in [-0.1, -0.05) is 30.3 Å². The fourth-order valence-corrected chi connectivity index (χ4v) is 3.85. The molecule has 142 valence electrons. The first-order valence-electron chi connectivity index (χ1n) is 9.13. The maximum atomic E-state index is 12.9. The number of hydrogen-bond donors (Lipinski definition) is 1. The Morgan fingerprint density at radius 3 is 2.93 bits per heavy atom. The van der Waals surface area contributed by atoms with Crippen LogP contribution in [0.3, 0.4) is 0 Å². The molecule has 2 aromatic carbocycles. The van der Waals surface area contributed by atoms with E-state index in [1.807, 2.05) is 61.0 Å². The van der Waals surface area contributed by atoms with Gasteiger partial charge in [0.05, 0.1) is 17.9 Å². The van der Waals surface area contributed by atoms with Crippen molar-refractivity contribution >= 4 is 28.0 Å². The predicted molar refractivity (Wildman–Crippen MR) is 110 cm³/mol. The van der Waals surface area contributed by atoms with Crippen LogP contribution in [0.5, 0.6) is 5.75 Å². The molecule has 0 saturated heterocycles. The standard InChI is InChI=1S/C21H20N4O2S/c1-2-27-18-9-8-15-6-3-4-7-17(15)19(18)20(26)22-12-10-16-14-28-21(24-16)25-13-5-11-23-25/h3-9,11,13-14H,2,10,12H2,1H3,(H,22,26). The molecule has 2 aromatic heterocycles. The Labute approximate surface area is 166 Å². The lowest BCUT2D eigenvalue weighted by Gasteiger charge is -2.13. The molecule has 0 spiro atoms. The summed E-state index contributed by atoms with van der Waals surface area (Å²) in [6.45, 7) is 2.92. The van der Waals surface area contributed by atoms with Crippen molar-refractivity contribution < 1.29 is 9.53 Å². The van der Waals surface area contributed by atoms with Gasteiger partial charge in [-0.2, -0.15) is 5.10 Å². The zero-order valence-electron chi connectivity index (χ0n) is 15.5. The smallest absolute Gasteiger partial charge is 0.255 e. The van der Waals surface area contributed by atoms with Gasteiger partial charge in [-0.15, -0.1) is 11.3 Å². The number of nitrogens with one attached hydrogen (secondary N) is 1. The summed E-state index contributed by atoms with van der Waals surface area (Å²) < 4.78 is 7.43. The number of nitrogens with zero attached hydrogens (tertiary/aromatic N) is 3. The summed E-state index contributed by atoms with van der Waals surface area (Å²) in [5, 5.41) is 11.9. The highest BCUT2D eigenvalue weighted by Gasteiger charge is 2.16. The first-order chi connectivity index (χ1) is 13.8. The van der Waals surface area contributed by atoms with E-state index in [-0.39, 0.29) is 5.91 Å². The lowest BCUT2D eigenvalue weighted by molar-refractivity contribution is 0.0952. The van der Waals surface area contributed by atoms with E-state index >= 15 is 0 Å². The second-order valence-corrected chi connectivity index (χ2v) is 7.01. The molecular weight excluding hydrogens is 372 g/mol.